The van der Waals surface area contributed by atoms with E-state index in [1.165, 1.54) is 11.3 Å². The molecule has 1 amide bonds. The van der Waals surface area contributed by atoms with Crippen molar-refractivity contribution in [3.8, 4) is 0 Å². The second kappa shape index (κ2) is 4.58. The Morgan fingerprint density at radius 3 is 2.69 bits per heavy atom. The molecule has 0 saturated heterocycles. The van der Waals surface area contributed by atoms with E-state index in [1.807, 2.05) is 0 Å². The number of carboxylic acids is 1. The van der Waals surface area contributed by atoms with E-state index in [0.717, 1.165) is 11.9 Å². The van der Waals surface area contributed by atoms with E-state index in [1.54, 1.807) is 12.3 Å². The van der Waals surface area contributed by atoms with Crippen LogP contribution in [-0.2, 0) is 4.79 Å². The average molecular weight is 244 g/mol. The van der Waals surface area contributed by atoms with Crippen LogP contribution in [0, 0.1) is 6.92 Å². The maximum atomic E-state index is 11.5. The zero-order valence-electron chi connectivity index (χ0n) is 8.85. The molecule has 6 nitrogen and oxygen atoms in total. The first-order chi connectivity index (χ1) is 7.33. The van der Waals surface area contributed by atoms with Gasteiger partial charge in [-0.25, -0.2) is 9.78 Å². The Morgan fingerprint density at radius 1 is 1.62 bits per heavy atom. The summed E-state index contributed by atoms with van der Waals surface area (Å²) >= 11 is 1.32. The van der Waals surface area contributed by atoms with Gasteiger partial charge in [0.05, 0.1) is 11.6 Å². The van der Waals surface area contributed by atoms with Crippen LogP contribution in [0.3, 0.4) is 0 Å². The van der Waals surface area contributed by atoms with Crippen molar-refractivity contribution in [2.45, 2.75) is 19.4 Å². The third-order valence-corrected chi connectivity index (χ3v) is 2.68. The van der Waals surface area contributed by atoms with Gasteiger partial charge in [0, 0.05) is 5.38 Å². The van der Waals surface area contributed by atoms with Gasteiger partial charge in [0.25, 0.3) is 5.91 Å². The molecule has 1 aromatic heterocycles. The fourth-order valence-electron chi connectivity index (χ4n) is 0.886. The molecule has 0 aliphatic heterocycles. The maximum absolute atomic E-state index is 11.5. The van der Waals surface area contributed by atoms with Crippen LogP contribution >= 0.6 is 11.3 Å². The van der Waals surface area contributed by atoms with Gasteiger partial charge in [0.2, 0.25) is 0 Å². The zero-order valence-corrected chi connectivity index (χ0v) is 9.67. The lowest BCUT2D eigenvalue weighted by Crippen LogP contribution is -2.46. The van der Waals surface area contributed by atoms with Crippen molar-refractivity contribution in [1.29, 1.82) is 0 Å². The molecule has 88 valence electrons. The summed E-state index contributed by atoms with van der Waals surface area (Å²) in [4.78, 5) is 25.9. The summed E-state index contributed by atoms with van der Waals surface area (Å²) in [5.41, 5.74) is -1.75. The van der Waals surface area contributed by atoms with Crippen molar-refractivity contribution in [3.63, 3.8) is 0 Å². The number of hydrogen-bond donors (Lipinski definition) is 3. The van der Waals surface area contributed by atoms with E-state index in [0.29, 0.717) is 0 Å². The van der Waals surface area contributed by atoms with Crippen LogP contribution in [0.1, 0.15) is 22.4 Å². The minimum Gasteiger partial charge on any atom is -0.479 e. The first-order valence-corrected chi connectivity index (χ1v) is 5.37. The Kier molecular flexibility index (Phi) is 3.61. The molecule has 1 atom stereocenters. The normalized spacial score (nSPS) is 14.2. The highest BCUT2D eigenvalue weighted by Crippen LogP contribution is 2.08. The first-order valence-electron chi connectivity index (χ1n) is 4.49. The molecule has 0 aromatic carbocycles. The molecule has 0 spiro atoms. The number of carboxylic acid groups (broad SMARTS) is 1. The number of aliphatic hydroxyl groups is 1. The molecule has 0 saturated carbocycles. The monoisotopic (exact) mass is 244 g/mol. The Hall–Kier alpha value is -1.47. The van der Waals surface area contributed by atoms with Gasteiger partial charge < -0.3 is 15.5 Å². The second-order valence-corrected chi connectivity index (χ2v) is 4.58. The molecule has 3 N–H and O–H groups in total. The topological polar surface area (TPSA) is 99.5 Å². The highest BCUT2D eigenvalue weighted by molar-refractivity contribution is 7.09. The molecule has 1 heterocycles. The highest BCUT2D eigenvalue weighted by atomic mass is 32.1. The van der Waals surface area contributed by atoms with Crippen molar-refractivity contribution in [2.24, 2.45) is 0 Å². The number of aliphatic carboxylic acids is 1. The van der Waals surface area contributed by atoms with Gasteiger partial charge in [-0.05, 0) is 13.8 Å². The van der Waals surface area contributed by atoms with Crippen molar-refractivity contribution >= 4 is 23.2 Å². The molecule has 0 bridgehead atoms. The summed E-state index contributed by atoms with van der Waals surface area (Å²) in [5, 5.41) is 22.6. The van der Waals surface area contributed by atoms with Gasteiger partial charge in [-0.15, -0.1) is 11.3 Å². The maximum Gasteiger partial charge on any atom is 0.337 e. The van der Waals surface area contributed by atoms with Crippen LogP contribution in [0.4, 0.5) is 0 Å². The first kappa shape index (κ1) is 12.6. The van der Waals surface area contributed by atoms with Crippen LogP contribution in [0.15, 0.2) is 5.38 Å². The SMILES string of the molecule is Cc1nc(C(=O)NCC(C)(O)C(=O)O)cs1. The lowest BCUT2D eigenvalue weighted by atomic mass is 10.1. The van der Waals surface area contributed by atoms with Crippen LogP contribution in [-0.4, -0.2) is 39.2 Å². The number of aromatic nitrogens is 1. The number of hydrogen-bond acceptors (Lipinski definition) is 5. The number of amides is 1. The molecule has 0 aliphatic rings. The lowest BCUT2D eigenvalue weighted by molar-refractivity contribution is -0.155. The Morgan fingerprint density at radius 2 is 2.25 bits per heavy atom. The summed E-state index contributed by atoms with van der Waals surface area (Å²) in [6, 6.07) is 0. The van der Waals surface area contributed by atoms with Crippen LogP contribution in [0.2, 0.25) is 0 Å². The Labute approximate surface area is 95.9 Å². The molecule has 16 heavy (non-hydrogen) atoms. The van der Waals surface area contributed by atoms with Crippen LogP contribution in [0.5, 0.6) is 0 Å². The fourth-order valence-corrected chi connectivity index (χ4v) is 1.48. The van der Waals surface area contributed by atoms with Crippen molar-refractivity contribution in [3.05, 3.63) is 16.1 Å². The largest absolute Gasteiger partial charge is 0.479 e. The molecular weight excluding hydrogens is 232 g/mol. The summed E-state index contributed by atoms with van der Waals surface area (Å²) in [5.74, 6) is -1.88. The summed E-state index contributed by atoms with van der Waals surface area (Å²) in [7, 11) is 0. The van der Waals surface area contributed by atoms with Gasteiger partial charge in [0.15, 0.2) is 5.60 Å². The lowest BCUT2D eigenvalue weighted by Gasteiger charge is -2.17. The number of nitrogens with one attached hydrogen (secondary N) is 1. The molecule has 0 aliphatic carbocycles. The quantitative estimate of drug-likeness (QED) is 0.693. The van der Waals surface area contributed by atoms with Crippen LogP contribution in [0.25, 0.3) is 0 Å². The predicted molar refractivity (Wildman–Crippen MR) is 57.4 cm³/mol. The number of carbonyl (C=O) groups excluding carboxylic acids is 1. The third-order valence-electron chi connectivity index (χ3n) is 1.91. The minimum absolute atomic E-state index is 0.226. The smallest absolute Gasteiger partial charge is 0.337 e. The second-order valence-electron chi connectivity index (χ2n) is 3.51. The minimum atomic E-state index is -1.97. The molecule has 0 fully saturated rings. The summed E-state index contributed by atoms with van der Waals surface area (Å²) in [6.07, 6.45) is 0. The van der Waals surface area contributed by atoms with Crippen molar-refractivity contribution in [2.75, 3.05) is 6.54 Å². The van der Waals surface area contributed by atoms with E-state index in [9.17, 15) is 14.7 Å². The van der Waals surface area contributed by atoms with Crippen LogP contribution < -0.4 is 5.32 Å². The number of thiazole rings is 1. The van der Waals surface area contributed by atoms with E-state index in [-0.39, 0.29) is 12.2 Å². The summed E-state index contributed by atoms with van der Waals surface area (Å²) in [6.45, 7) is 2.51. The van der Waals surface area contributed by atoms with Crippen molar-refractivity contribution in [1.82, 2.24) is 10.3 Å². The summed E-state index contributed by atoms with van der Waals surface area (Å²) < 4.78 is 0. The Bertz CT molecular complexity index is 413. The van der Waals surface area contributed by atoms with Gasteiger partial charge in [0.1, 0.15) is 5.69 Å². The van der Waals surface area contributed by atoms with E-state index in [4.69, 9.17) is 5.11 Å². The molecule has 0 radical (unpaired) electrons. The molecular formula is C9H12N2O4S. The predicted octanol–water partition coefficient (Wildman–Crippen LogP) is 0.0169. The highest BCUT2D eigenvalue weighted by Gasteiger charge is 2.30. The molecule has 1 unspecified atom stereocenters. The number of aryl methyl sites for hydroxylation is 1. The molecule has 1 aromatic rings. The Balaban J connectivity index is 2.57. The molecule has 7 heteroatoms. The molecule has 1 rings (SSSR count). The van der Waals surface area contributed by atoms with E-state index >= 15 is 0 Å². The average Bonchev–Trinajstić information content (AvgIpc) is 2.61. The van der Waals surface area contributed by atoms with Gasteiger partial charge >= 0.3 is 5.97 Å². The number of carbonyl (C=O) groups is 2. The van der Waals surface area contributed by atoms with Gasteiger partial charge in [-0.3, -0.25) is 4.79 Å². The third kappa shape index (κ3) is 3.01. The van der Waals surface area contributed by atoms with Gasteiger partial charge in [-0.2, -0.15) is 0 Å². The standard InChI is InChI=1S/C9H12N2O4S/c1-5-11-6(3-16-5)7(12)10-4-9(2,15)8(13)14/h3,15H,4H2,1-2H3,(H,10,12)(H,13,14). The zero-order chi connectivity index (χ0) is 12.3. The van der Waals surface area contributed by atoms with E-state index < -0.39 is 17.5 Å². The van der Waals surface area contributed by atoms with Crippen molar-refractivity contribution < 1.29 is 19.8 Å². The van der Waals surface area contributed by atoms with Gasteiger partial charge in [-0.1, -0.05) is 0 Å². The number of nitrogens with zero attached hydrogens (tertiary/aromatic N) is 1. The fraction of sp³-hybridized carbons (Fsp3) is 0.444. The number of rotatable bonds is 4. The van der Waals surface area contributed by atoms with E-state index in [2.05, 4.69) is 10.3 Å².